The number of aromatic amines is 1. The van der Waals surface area contributed by atoms with Gasteiger partial charge in [0.15, 0.2) is 5.58 Å². The number of fused-ring (bicyclic) bond motifs is 1. The minimum Gasteiger partial charge on any atom is -0.408 e. The van der Waals surface area contributed by atoms with Crippen molar-refractivity contribution in [1.82, 2.24) is 9.29 Å². The van der Waals surface area contributed by atoms with Crippen LogP contribution in [0.5, 0.6) is 0 Å². The zero-order valence-electron chi connectivity index (χ0n) is 12.4. The van der Waals surface area contributed by atoms with Gasteiger partial charge in [-0.1, -0.05) is 0 Å². The number of hydrogen-bond acceptors (Lipinski definition) is 6. The Hall–Kier alpha value is -1.65. The first-order valence-corrected chi connectivity index (χ1v) is 10.4. The zero-order valence-corrected chi connectivity index (χ0v) is 14.0. The van der Waals surface area contributed by atoms with E-state index in [9.17, 15) is 21.6 Å². The lowest BCUT2D eigenvalue weighted by Gasteiger charge is -2.30. The highest BCUT2D eigenvalue weighted by Crippen LogP contribution is 2.25. The number of benzene rings is 1. The first-order valence-electron chi connectivity index (χ1n) is 7.00. The van der Waals surface area contributed by atoms with Gasteiger partial charge in [0.1, 0.15) is 9.84 Å². The fourth-order valence-corrected chi connectivity index (χ4v) is 5.30. The average Bonchev–Trinajstić information content (AvgIpc) is 2.85. The van der Waals surface area contributed by atoms with Crippen LogP contribution in [0, 0.1) is 0 Å². The molecule has 1 aromatic carbocycles. The SMILES string of the molecule is CS(=O)(=O)C1CCN(S(=O)(=O)c2ccc3oc(=O)[nH]c3c2)CC1. The van der Waals surface area contributed by atoms with Gasteiger partial charge >= 0.3 is 5.76 Å². The monoisotopic (exact) mass is 360 g/mol. The number of hydrogen-bond donors (Lipinski definition) is 1. The Kier molecular flexibility index (Phi) is 3.85. The molecule has 1 saturated heterocycles. The van der Waals surface area contributed by atoms with Crippen LogP contribution < -0.4 is 5.76 Å². The van der Waals surface area contributed by atoms with Crippen molar-refractivity contribution in [3.05, 3.63) is 28.7 Å². The summed E-state index contributed by atoms with van der Waals surface area (Å²) in [6.45, 7) is 0.306. The molecule has 0 bridgehead atoms. The third-order valence-electron chi connectivity index (χ3n) is 4.03. The van der Waals surface area contributed by atoms with Gasteiger partial charge in [-0.3, -0.25) is 4.98 Å². The Bertz CT molecular complexity index is 995. The van der Waals surface area contributed by atoms with Crippen LogP contribution >= 0.6 is 0 Å². The second-order valence-electron chi connectivity index (χ2n) is 5.61. The van der Waals surface area contributed by atoms with Crippen molar-refractivity contribution in [2.24, 2.45) is 0 Å². The topological polar surface area (TPSA) is 118 Å². The highest BCUT2D eigenvalue weighted by atomic mass is 32.2. The number of H-pyrrole nitrogens is 1. The molecule has 1 N–H and O–H groups in total. The summed E-state index contributed by atoms with van der Waals surface area (Å²) < 4.78 is 54.5. The lowest BCUT2D eigenvalue weighted by atomic mass is 10.2. The second kappa shape index (κ2) is 5.46. The van der Waals surface area contributed by atoms with Crippen molar-refractivity contribution in [2.45, 2.75) is 23.0 Å². The fourth-order valence-electron chi connectivity index (χ4n) is 2.74. The molecule has 0 atom stereocenters. The van der Waals surface area contributed by atoms with Crippen molar-refractivity contribution in [2.75, 3.05) is 19.3 Å². The van der Waals surface area contributed by atoms with Crippen LogP contribution in [0.25, 0.3) is 11.1 Å². The summed E-state index contributed by atoms with van der Waals surface area (Å²) in [7, 11) is -6.90. The Labute approximate surface area is 133 Å². The molecular weight excluding hydrogens is 344 g/mol. The van der Waals surface area contributed by atoms with Crippen molar-refractivity contribution < 1.29 is 21.3 Å². The first kappa shape index (κ1) is 16.2. The number of piperidine rings is 1. The molecule has 1 aliphatic rings. The van der Waals surface area contributed by atoms with Crippen molar-refractivity contribution >= 4 is 31.0 Å². The molecule has 8 nitrogen and oxygen atoms in total. The van der Waals surface area contributed by atoms with Crippen molar-refractivity contribution in [1.29, 1.82) is 0 Å². The number of sulfone groups is 1. The minimum atomic E-state index is -3.74. The van der Waals surface area contributed by atoms with Gasteiger partial charge in [0, 0.05) is 19.3 Å². The van der Waals surface area contributed by atoms with E-state index in [0.29, 0.717) is 5.52 Å². The van der Waals surface area contributed by atoms with E-state index < -0.39 is 30.9 Å². The molecule has 0 unspecified atom stereocenters. The maximum atomic E-state index is 12.6. The minimum absolute atomic E-state index is 0.0415. The van der Waals surface area contributed by atoms with Gasteiger partial charge in [-0.05, 0) is 31.0 Å². The lowest BCUT2D eigenvalue weighted by Crippen LogP contribution is -2.42. The maximum Gasteiger partial charge on any atom is 0.417 e. The van der Waals surface area contributed by atoms with E-state index in [4.69, 9.17) is 4.42 Å². The molecule has 0 radical (unpaired) electrons. The van der Waals surface area contributed by atoms with Gasteiger partial charge in [-0.2, -0.15) is 4.31 Å². The quantitative estimate of drug-likeness (QED) is 0.842. The summed E-state index contributed by atoms with van der Waals surface area (Å²) in [6, 6.07) is 4.14. The van der Waals surface area contributed by atoms with E-state index in [-0.39, 0.29) is 36.4 Å². The predicted octanol–water partition coefficient (Wildman–Crippen LogP) is 0.319. The Morgan fingerprint density at radius 3 is 2.43 bits per heavy atom. The Morgan fingerprint density at radius 2 is 1.83 bits per heavy atom. The molecule has 10 heteroatoms. The summed E-state index contributed by atoms with van der Waals surface area (Å²) in [5, 5.41) is -0.498. The molecule has 1 fully saturated rings. The van der Waals surface area contributed by atoms with Crippen LogP contribution in [0.2, 0.25) is 0 Å². The fraction of sp³-hybridized carbons (Fsp3) is 0.462. The molecule has 2 heterocycles. The molecule has 1 aliphatic heterocycles. The number of sulfonamides is 1. The molecule has 0 aliphatic carbocycles. The van der Waals surface area contributed by atoms with Gasteiger partial charge in [0.25, 0.3) is 0 Å². The van der Waals surface area contributed by atoms with Crippen LogP contribution in [-0.4, -0.2) is 50.7 Å². The molecule has 23 heavy (non-hydrogen) atoms. The average molecular weight is 360 g/mol. The van der Waals surface area contributed by atoms with Gasteiger partial charge in [0.05, 0.1) is 15.7 Å². The number of nitrogens with one attached hydrogen (secondary N) is 1. The third kappa shape index (κ3) is 3.06. The van der Waals surface area contributed by atoms with Gasteiger partial charge in [-0.25, -0.2) is 21.6 Å². The first-order chi connectivity index (χ1) is 10.7. The molecule has 0 spiro atoms. The molecular formula is C13H16N2O6S2. The lowest BCUT2D eigenvalue weighted by molar-refractivity contribution is 0.346. The number of aromatic nitrogens is 1. The summed E-state index contributed by atoms with van der Waals surface area (Å²) >= 11 is 0. The van der Waals surface area contributed by atoms with Gasteiger partial charge < -0.3 is 4.42 Å². The van der Waals surface area contributed by atoms with Crippen LogP contribution in [0.4, 0.5) is 0 Å². The van der Waals surface area contributed by atoms with Crippen molar-refractivity contribution in [3.8, 4) is 0 Å². The van der Waals surface area contributed by atoms with Gasteiger partial charge in [-0.15, -0.1) is 0 Å². The summed E-state index contributed by atoms with van der Waals surface area (Å²) in [4.78, 5) is 13.6. The highest BCUT2D eigenvalue weighted by molar-refractivity contribution is 7.91. The molecule has 0 saturated carbocycles. The molecule has 0 amide bonds. The largest absolute Gasteiger partial charge is 0.417 e. The summed E-state index contributed by atoms with van der Waals surface area (Å²) in [5.74, 6) is -0.650. The van der Waals surface area contributed by atoms with E-state index in [1.807, 2.05) is 0 Å². The predicted molar refractivity (Wildman–Crippen MR) is 83.5 cm³/mol. The third-order valence-corrected chi connectivity index (χ3v) is 7.61. The number of rotatable bonds is 3. The van der Waals surface area contributed by atoms with E-state index in [2.05, 4.69) is 4.98 Å². The Balaban J connectivity index is 1.87. The second-order valence-corrected chi connectivity index (χ2v) is 9.87. The Morgan fingerprint density at radius 1 is 1.17 bits per heavy atom. The highest BCUT2D eigenvalue weighted by Gasteiger charge is 2.33. The van der Waals surface area contributed by atoms with Crippen LogP contribution in [0.1, 0.15) is 12.8 Å². The van der Waals surface area contributed by atoms with E-state index >= 15 is 0 Å². The van der Waals surface area contributed by atoms with E-state index in [1.54, 1.807) is 0 Å². The van der Waals surface area contributed by atoms with E-state index in [0.717, 1.165) is 0 Å². The smallest absolute Gasteiger partial charge is 0.408 e. The molecule has 1 aromatic heterocycles. The van der Waals surface area contributed by atoms with Crippen molar-refractivity contribution in [3.63, 3.8) is 0 Å². The normalized spacial score (nSPS) is 18.5. The van der Waals surface area contributed by atoms with E-state index in [1.165, 1.54) is 28.8 Å². The number of nitrogens with zero attached hydrogens (tertiary/aromatic N) is 1. The van der Waals surface area contributed by atoms with Crippen LogP contribution in [-0.2, 0) is 19.9 Å². The summed E-state index contributed by atoms with van der Waals surface area (Å²) in [5.41, 5.74) is 0.590. The maximum absolute atomic E-state index is 12.6. The molecule has 3 rings (SSSR count). The standard InChI is InChI=1S/C13H16N2O6S2/c1-22(17,18)9-4-6-15(7-5-9)23(19,20)10-2-3-12-11(8-10)14-13(16)21-12/h2-3,8-9H,4-7H2,1H3,(H,14,16). The number of oxazole rings is 1. The zero-order chi connectivity index (χ0) is 16.8. The van der Waals surface area contributed by atoms with Gasteiger partial charge in [0.2, 0.25) is 10.0 Å². The molecule has 2 aromatic rings. The molecule has 126 valence electrons. The van der Waals surface area contributed by atoms with Crippen LogP contribution in [0.15, 0.2) is 32.3 Å². The van der Waals surface area contributed by atoms with Crippen LogP contribution in [0.3, 0.4) is 0 Å². The summed E-state index contributed by atoms with van der Waals surface area (Å²) in [6.07, 6.45) is 1.73.